The van der Waals surface area contributed by atoms with E-state index in [2.05, 4.69) is 55.8 Å². The van der Waals surface area contributed by atoms with Crippen molar-refractivity contribution in [3.05, 3.63) is 35.9 Å². The van der Waals surface area contributed by atoms with E-state index in [1.807, 2.05) is 0 Å². The minimum atomic E-state index is -1.21. The van der Waals surface area contributed by atoms with Crippen molar-refractivity contribution in [2.45, 2.75) is 19.6 Å². The summed E-state index contributed by atoms with van der Waals surface area (Å²) in [6.45, 7) is 7.06. The fourth-order valence-electron chi connectivity index (χ4n) is 1.32. The highest BCUT2D eigenvalue weighted by Gasteiger charge is 2.20. The molecule has 0 aromatic heterocycles. The molecule has 0 saturated carbocycles. The Morgan fingerprint density at radius 3 is 2.08 bits per heavy atom. The zero-order chi connectivity index (χ0) is 9.90. The van der Waals surface area contributed by atoms with Crippen molar-refractivity contribution in [2.75, 3.05) is 0 Å². The molecule has 0 heterocycles. The average Bonchev–Trinajstić information content (AvgIpc) is 2.05. The van der Waals surface area contributed by atoms with Crippen LogP contribution < -0.4 is 0 Å². The van der Waals surface area contributed by atoms with Crippen LogP contribution in [0.15, 0.2) is 30.3 Å². The van der Waals surface area contributed by atoms with E-state index >= 15 is 0 Å². The highest BCUT2D eigenvalue weighted by Crippen LogP contribution is 2.13. The third-order valence-electron chi connectivity index (χ3n) is 1.86. The van der Waals surface area contributed by atoms with Gasteiger partial charge in [-0.1, -0.05) is 50.0 Å². The van der Waals surface area contributed by atoms with E-state index in [0.717, 1.165) is 0 Å². The van der Waals surface area contributed by atoms with E-state index in [1.54, 1.807) is 10.9 Å². The molecule has 0 bridgehead atoms. The molecule has 13 heavy (non-hydrogen) atoms. The monoisotopic (exact) mass is 208 g/mol. The molecule has 0 unspecified atom stereocenters. The summed E-state index contributed by atoms with van der Waals surface area (Å²) < 4.78 is 1.48. The Labute approximate surface area is 85.2 Å². The van der Waals surface area contributed by atoms with E-state index in [-0.39, 0.29) is 0 Å². The molecule has 0 N–H and O–H groups in total. The lowest BCUT2D eigenvalue weighted by atomic mass is 10.2. The molecule has 0 spiro atoms. The van der Waals surface area contributed by atoms with Crippen LogP contribution in [0.2, 0.25) is 19.6 Å². The van der Waals surface area contributed by atoms with Gasteiger partial charge in [0, 0.05) is 0 Å². The summed E-state index contributed by atoms with van der Waals surface area (Å²) in [7, 11) is 0.448. The molecule has 2 heteroatoms. The van der Waals surface area contributed by atoms with Crippen LogP contribution in [0, 0.1) is 0 Å². The fourth-order valence-corrected chi connectivity index (χ4v) is 4.39. The molecule has 0 aliphatic carbocycles. The molecule has 0 atom stereocenters. The summed E-state index contributed by atoms with van der Waals surface area (Å²) in [4.78, 5) is 0. The van der Waals surface area contributed by atoms with Gasteiger partial charge in [-0.15, -0.1) is 0 Å². The SMILES string of the molecule is C=S=C(c1ccccc1)[Si](C)(C)C. The lowest BCUT2D eigenvalue weighted by Crippen LogP contribution is -2.32. The van der Waals surface area contributed by atoms with Crippen molar-refractivity contribution in [1.29, 1.82) is 0 Å². The van der Waals surface area contributed by atoms with Crippen molar-refractivity contribution < 1.29 is 0 Å². The van der Waals surface area contributed by atoms with Gasteiger partial charge >= 0.3 is 0 Å². The Morgan fingerprint density at radius 2 is 1.69 bits per heavy atom. The fraction of sp³-hybridized carbons (Fsp3) is 0.273. The van der Waals surface area contributed by atoms with Crippen LogP contribution in [0.3, 0.4) is 0 Å². The average molecular weight is 208 g/mol. The Hall–Kier alpha value is -0.603. The summed E-state index contributed by atoms with van der Waals surface area (Å²) in [6, 6.07) is 10.6. The summed E-state index contributed by atoms with van der Waals surface area (Å²) in [5, 5.41) is 0. The molecule has 1 aromatic carbocycles. The topological polar surface area (TPSA) is 0 Å². The second-order valence-electron chi connectivity index (χ2n) is 4.09. The lowest BCUT2D eigenvalue weighted by Gasteiger charge is -2.18. The van der Waals surface area contributed by atoms with Crippen molar-refractivity contribution in [1.82, 2.24) is 0 Å². The molecule has 0 aliphatic heterocycles. The summed E-state index contributed by atoms with van der Waals surface area (Å²) >= 11 is 0. The van der Waals surface area contributed by atoms with Crippen LogP contribution in [0.1, 0.15) is 5.56 Å². The third kappa shape index (κ3) is 2.67. The number of hydrogen-bond donors (Lipinski definition) is 0. The largest absolute Gasteiger partial charge is 0.161 e. The minimum absolute atomic E-state index is 1.21. The quantitative estimate of drug-likeness (QED) is 0.517. The Bertz CT molecular complexity index is 329. The Kier molecular flexibility index (Phi) is 3.28. The highest BCUT2D eigenvalue weighted by molar-refractivity contribution is 7.99. The zero-order valence-electron chi connectivity index (χ0n) is 8.50. The molecule has 0 amide bonds. The van der Waals surface area contributed by atoms with Crippen molar-refractivity contribution >= 4 is 29.4 Å². The second kappa shape index (κ2) is 4.07. The number of hydrogen-bond acceptors (Lipinski definition) is 0. The lowest BCUT2D eigenvalue weighted by molar-refractivity contribution is 1.67. The molecular weight excluding hydrogens is 192 g/mol. The molecule has 1 aromatic rings. The molecule has 0 nitrogen and oxygen atoms in total. The smallest absolute Gasteiger partial charge is 0.0911 e. The zero-order valence-corrected chi connectivity index (χ0v) is 10.3. The first-order valence-corrected chi connectivity index (χ1v) is 8.89. The molecule has 1 rings (SSSR count). The van der Waals surface area contributed by atoms with Crippen molar-refractivity contribution in [3.63, 3.8) is 0 Å². The summed E-state index contributed by atoms with van der Waals surface area (Å²) in [6.07, 6.45) is 0. The van der Waals surface area contributed by atoms with Gasteiger partial charge in [0.2, 0.25) is 0 Å². The van der Waals surface area contributed by atoms with E-state index in [9.17, 15) is 0 Å². The van der Waals surface area contributed by atoms with Crippen LogP contribution >= 0.6 is 10.9 Å². The molecule has 0 radical (unpaired) electrons. The first-order valence-electron chi connectivity index (χ1n) is 4.40. The van der Waals surface area contributed by atoms with Crippen LogP contribution in [0.25, 0.3) is 0 Å². The minimum Gasteiger partial charge on any atom is -0.161 e. The Morgan fingerprint density at radius 1 is 1.15 bits per heavy atom. The number of benzene rings is 1. The summed E-state index contributed by atoms with van der Waals surface area (Å²) in [5.41, 5.74) is 1.35. The third-order valence-corrected chi connectivity index (χ3v) is 6.31. The van der Waals surface area contributed by atoms with Crippen LogP contribution in [-0.4, -0.2) is 18.4 Å². The first-order chi connectivity index (χ1) is 6.05. The van der Waals surface area contributed by atoms with Gasteiger partial charge in [-0.05, 0) is 15.9 Å². The first kappa shape index (κ1) is 10.5. The van der Waals surface area contributed by atoms with Crippen molar-refractivity contribution in [3.8, 4) is 0 Å². The van der Waals surface area contributed by atoms with E-state index in [4.69, 9.17) is 0 Å². The molecule has 0 saturated heterocycles. The predicted octanol–water partition coefficient (Wildman–Crippen LogP) is 3.25. The molecular formula is C11H16SSi. The second-order valence-corrected chi connectivity index (χ2v) is 10.1. The van der Waals surface area contributed by atoms with E-state index in [0.29, 0.717) is 0 Å². The van der Waals surface area contributed by atoms with Gasteiger partial charge in [0.1, 0.15) is 0 Å². The maximum atomic E-state index is 3.94. The van der Waals surface area contributed by atoms with Gasteiger partial charge in [0.15, 0.2) is 0 Å². The summed E-state index contributed by atoms with van der Waals surface area (Å²) in [5.74, 6) is 3.94. The highest BCUT2D eigenvalue weighted by atomic mass is 32.1. The maximum absolute atomic E-state index is 3.94. The van der Waals surface area contributed by atoms with Crippen LogP contribution in [-0.2, 0) is 0 Å². The maximum Gasteiger partial charge on any atom is 0.0911 e. The van der Waals surface area contributed by atoms with E-state index in [1.165, 1.54) is 10.1 Å². The van der Waals surface area contributed by atoms with Gasteiger partial charge < -0.3 is 0 Å². The standard InChI is InChI=1S/C11H16SSi/c1-12-11(13(2,3)4)10-8-6-5-7-9-10/h5-9H,1H2,2-4H3. The van der Waals surface area contributed by atoms with Gasteiger partial charge in [0.25, 0.3) is 0 Å². The molecule has 70 valence electrons. The van der Waals surface area contributed by atoms with Gasteiger partial charge in [-0.25, -0.2) is 0 Å². The van der Waals surface area contributed by atoms with Gasteiger partial charge in [-0.2, -0.15) is 10.9 Å². The number of rotatable bonds is 2. The van der Waals surface area contributed by atoms with Crippen LogP contribution in [0.5, 0.6) is 0 Å². The van der Waals surface area contributed by atoms with Gasteiger partial charge in [0.05, 0.1) is 8.07 Å². The van der Waals surface area contributed by atoms with Crippen molar-refractivity contribution in [2.24, 2.45) is 0 Å². The van der Waals surface area contributed by atoms with Crippen LogP contribution in [0.4, 0.5) is 0 Å². The Balaban J connectivity index is 3.15. The molecule has 0 fully saturated rings. The van der Waals surface area contributed by atoms with Gasteiger partial charge in [-0.3, -0.25) is 0 Å². The normalized spacial score (nSPS) is 11.0. The molecule has 0 aliphatic rings. The predicted molar refractivity (Wildman–Crippen MR) is 68.6 cm³/mol. The van der Waals surface area contributed by atoms with E-state index < -0.39 is 8.07 Å².